The SMILES string of the molecule is C=CCn1c(SCC(=O)N(C2=CCCCC2)C2CC2)nnc1-c1ccc(Cl)cc1. The fraction of sp³-hybridized carbons (Fsp3) is 0.409. The highest BCUT2D eigenvalue weighted by Crippen LogP contribution is 2.35. The molecule has 29 heavy (non-hydrogen) atoms. The smallest absolute Gasteiger partial charge is 0.237 e. The molecule has 0 radical (unpaired) electrons. The summed E-state index contributed by atoms with van der Waals surface area (Å²) >= 11 is 7.45. The van der Waals surface area contributed by atoms with E-state index in [0.29, 0.717) is 23.4 Å². The highest BCUT2D eigenvalue weighted by atomic mass is 35.5. The van der Waals surface area contributed by atoms with Crippen molar-refractivity contribution in [1.82, 2.24) is 19.7 Å². The second kappa shape index (κ2) is 9.18. The van der Waals surface area contributed by atoms with Gasteiger partial charge in [0, 0.05) is 28.9 Å². The van der Waals surface area contributed by atoms with E-state index < -0.39 is 0 Å². The van der Waals surface area contributed by atoms with E-state index in [-0.39, 0.29) is 5.91 Å². The second-order valence-corrected chi connectivity index (χ2v) is 8.82. The van der Waals surface area contributed by atoms with Crippen LogP contribution in [0.3, 0.4) is 0 Å². The van der Waals surface area contributed by atoms with Gasteiger partial charge in [0.2, 0.25) is 5.91 Å². The second-order valence-electron chi connectivity index (χ2n) is 7.44. The van der Waals surface area contributed by atoms with E-state index in [0.717, 1.165) is 42.2 Å². The van der Waals surface area contributed by atoms with Crippen LogP contribution in [0.5, 0.6) is 0 Å². The number of carbonyl (C=O) groups excluding carboxylic acids is 1. The Labute approximate surface area is 180 Å². The number of halogens is 1. The number of allylic oxidation sites excluding steroid dienone is 3. The van der Waals surface area contributed by atoms with Gasteiger partial charge in [-0.15, -0.1) is 16.8 Å². The molecule has 0 saturated heterocycles. The number of thioether (sulfide) groups is 1. The summed E-state index contributed by atoms with van der Waals surface area (Å²) in [5.41, 5.74) is 2.16. The first-order chi connectivity index (χ1) is 14.2. The zero-order chi connectivity index (χ0) is 20.2. The summed E-state index contributed by atoms with van der Waals surface area (Å²) in [7, 11) is 0. The van der Waals surface area contributed by atoms with Crippen LogP contribution in [0.1, 0.15) is 38.5 Å². The number of hydrogen-bond acceptors (Lipinski definition) is 4. The van der Waals surface area contributed by atoms with Gasteiger partial charge in [-0.05, 0) is 62.8 Å². The van der Waals surface area contributed by atoms with Crippen molar-refractivity contribution in [3.63, 3.8) is 0 Å². The lowest BCUT2D eigenvalue weighted by atomic mass is 10.0. The Hall–Kier alpha value is -2.05. The average molecular weight is 429 g/mol. The predicted molar refractivity (Wildman–Crippen MR) is 118 cm³/mol. The summed E-state index contributed by atoms with van der Waals surface area (Å²) in [6.45, 7) is 4.43. The highest BCUT2D eigenvalue weighted by molar-refractivity contribution is 7.99. The Morgan fingerprint density at radius 1 is 1.28 bits per heavy atom. The monoisotopic (exact) mass is 428 g/mol. The van der Waals surface area contributed by atoms with Gasteiger partial charge in [-0.1, -0.05) is 35.5 Å². The molecule has 0 bridgehead atoms. The molecule has 1 amide bonds. The Balaban J connectivity index is 1.50. The molecule has 2 aliphatic rings. The van der Waals surface area contributed by atoms with E-state index in [4.69, 9.17) is 11.6 Å². The first-order valence-electron chi connectivity index (χ1n) is 10.1. The molecule has 1 fully saturated rings. The first kappa shape index (κ1) is 20.2. The molecule has 0 spiro atoms. The van der Waals surface area contributed by atoms with Crippen molar-refractivity contribution in [2.24, 2.45) is 0 Å². The minimum absolute atomic E-state index is 0.173. The van der Waals surface area contributed by atoms with Crippen molar-refractivity contribution >= 4 is 29.3 Å². The summed E-state index contributed by atoms with van der Waals surface area (Å²) < 4.78 is 2.00. The van der Waals surface area contributed by atoms with Crippen LogP contribution in [0, 0.1) is 0 Å². The summed E-state index contributed by atoms with van der Waals surface area (Å²) in [6, 6.07) is 7.92. The lowest BCUT2D eigenvalue weighted by Crippen LogP contribution is -2.34. The number of rotatable bonds is 8. The van der Waals surface area contributed by atoms with E-state index in [1.807, 2.05) is 34.9 Å². The largest absolute Gasteiger partial charge is 0.313 e. The van der Waals surface area contributed by atoms with Crippen LogP contribution >= 0.6 is 23.4 Å². The van der Waals surface area contributed by atoms with Crippen molar-refractivity contribution in [1.29, 1.82) is 0 Å². The molecule has 2 aromatic rings. The van der Waals surface area contributed by atoms with Crippen LogP contribution in [-0.4, -0.2) is 37.4 Å². The molecule has 0 atom stereocenters. The number of nitrogens with zero attached hydrogens (tertiary/aromatic N) is 4. The minimum atomic E-state index is 0.173. The topological polar surface area (TPSA) is 51.0 Å². The van der Waals surface area contributed by atoms with Crippen molar-refractivity contribution < 1.29 is 4.79 Å². The van der Waals surface area contributed by atoms with Crippen molar-refractivity contribution in [3.05, 3.63) is 53.7 Å². The normalized spacial score (nSPS) is 16.4. The van der Waals surface area contributed by atoms with Crippen LogP contribution in [0.25, 0.3) is 11.4 Å². The number of benzene rings is 1. The molecule has 1 saturated carbocycles. The number of aromatic nitrogens is 3. The highest BCUT2D eigenvalue weighted by Gasteiger charge is 2.35. The molecule has 0 unspecified atom stereocenters. The summed E-state index contributed by atoms with van der Waals surface area (Å²) in [5.74, 6) is 1.29. The molecule has 0 aliphatic heterocycles. The zero-order valence-electron chi connectivity index (χ0n) is 16.4. The molecule has 1 heterocycles. The summed E-state index contributed by atoms with van der Waals surface area (Å²) in [4.78, 5) is 15.1. The third kappa shape index (κ3) is 4.75. The Morgan fingerprint density at radius 2 is 2.07 bits per heavy atom. The predicted octanol–water partition coefficient (Wildman–Crippen LogP) is 5.33. The number of carbonyl (C=O) groups is 1. The molecule has 1 aromatic heterocycles. The standard InChI is InChI=1S/C22H25ClN4OS/c1-2-14-26-21(16-8-10-17(23)11-9-16)24-25-22(26)29-15-20(28)27(19-12-13-19)18-6-4-3-5-7-18/h2,6,8-11,19H,1,3-5,7,12-15H2. The molecule has 1 aromatic carbocycles. The fourth-order valence-electron chi connectivity index (χ4n) is 3.67. The van der Waals surface area contributed by atoms with Crippen LogP contribution < -0.4 is 0 Å². The van der Waals surface area contributed by atoms with Crippen molar-refractivity contribution in [2.45, 2.75) is 56.3 Å². The van der Waals surface area contributed by atoms with Gasteiger partial charge in [-0.25, -0.2) is 0 Å². The van der Waals surface area contributed by atoms with Gasteiger partial charge in [-0.3, -0.25) is 9.36 Å². The van der Waals surface area contributed by atoms with Gasteiger partial charge in [0.05, 0.1) is 5.75 Å². The average Bonchev–Trinajstić information content (AvgIpc) is 3.49. The van der Waals surface area contributed by atoms with Crippen LogP contribution in [-0.2, 0) is 11.3 Å². The lowest BCUT2D eigenvalue weighted by molar-refractivity contribution is -0.127. The maximum absolute atomic E-state index is 13.1. The molecule has 0 N–H and O–H groups in total. The minimum Gasteiger partial charge on any atom is -0.313 e. The quantitative estimate of drug-likeness (QED) is 0.421. The molecule has 5 nitrogen and oxygen atoms in total. The Morgan fingerprint density at radius 3 is 2.72 bits per heavy atom. The van der Waals surface area contributed by atoms with Crippen LogP contribution in [0.2, 0.25) is 5.02 Å². The fourth-order valence-corrected chi connectivity index (χ4v) is 4.60. The van der Waals surface area contributed by atoms with Gasteiger partial charge in [-0.2, -0.15) is 0 Å². The zero-order valence-corrected chi connectivity index (χ0v) is 18.0. The van der Waals surface area contributed by atoms with Crippen molar-refractivity contribution in [2.75, 3.05) is 5.75 Å². The number of hydrogen-bond donors (Lipinski definition) is 0. The van der Waals surface area contributed by atoms with E-state index >= 15 is 0 Å². The molecule has 152 valence electrons. The Kier molecular flexibility index (Phi) is 6.40. The van der Waals surface area contributed by atoms with E-state index in [9.17, 15) is 4.79 Å². The lowest BCUT2D eigenvalue weighted by Gasteiger charge is -2.27. The third-order valence-corrected chi connectivity index (χ3v) is 6.42. The van der Waals surface area contributed by atoms with Gasteiger partial charge in [0.1, 0.15) is 0 Å². The molecule has 4 rings (SSSR count). The van der Waals surface area contributed by atoms with Crippen LogP contribution in [0.4, 0.5) is 0 Å². The van der Waals surface area contributed by atoms with Crippen LogP contribution in [0.15, 0.2) is 53.8 Å². The van der Waals surface area contributed by atoms with Gasteiger partial charge in [0.25, 0.3) is 0 Å². The molecule has 2 aliphatic carbocycles. The first-order valence-corrected chi connectivity index (χ1v) is 11.5. The van der Waals surface area contributed by atoms with Gasteiger partial charge < -0.3 is 4.90 Å². The molecular formula is C22H25ClN4OS. The summed E-state index contributed by atoms with van der Waals surface area (Å²) in [6.07, 6.45) is 10.8. The maximum Gasteiger partial charge on any atom is 0.237 e. The maximum atomic E-state index is 13.1. The van der Waals surface area contributed by atoms with E-state index in [1.54, 1.807) is 0 Å². The summed E-state index contributed by atoms with van der Waals surface area (Å²) in [5, 5.41) is 10.1. The van der Waals surface area contributed by atoms with Gasteiger partial charge >= 0.3 is 0 Å². The van der Waals surface area contributed by atoms with Gasteiger partial charge in [0.15, 0.2) is 11.0 Å². The molecular weight excluding hydrogens is 404 g/mol. The Bertz CT molecular complexity index is 917. The number of amides is 1. The molecule has 7 heteroatoms. The van der Waals surface area contributed by atoms with Crippen molar-refractivity contribution in [3.8, 4) is 11.4 Å². The van der Waals surface area contributed by atoms with E-state index in [2.05, 4.69) is 27.8 Å². The van der Waals surface area contributed by atoms with E-state index in [1.165, 1.54) is 30.3 Å². The third-order valence-electron chi connectivity index (χ3n) is 5.21.